The van der Waals surface area contributed by atoms with Crippen molar-refractivity contribution in [1.82, 2.24) is 0 Å². The van der Waals surface area contributed by atoms with Gasteiger partial charge in [0.1, 0.15) is 0 Å². The van der Waals surface area contributed by atoms with Gasteiger partial charge in [-0.2, -0.15) is 8.78 Å². The van der Waals surface area contributed by atoms with Crippen molar-refractivity contribution >= 4 is 21.5 Å². The van der Waals surface area contributed by atoms with E-state index >= 15 is 0 Å². The van der Waals surface area contributed by atoms with Crippen LogP contribution < -0.4 is 4.90 Å². The highest BCUT2D eigenvalue weighted by molar-refractivity contribution is 7.91. The predicted molar refractivity (Wildman–Crippen MR) is 72.1 cm³/mol. The summed E-state index contributed by atoms with van der Waals surface area (Å²) in [5.74, 6) is -5.31. The molecule has 21 heavy (non-hydrogen) atoms. The van der Waals surface area contributed by atoms with Crippen molar-refractivity contribution in [2.24, 2.45) is 11.8 Å². The summed E-state index contributed by atoms with van der Waals surface area (Å²) in [6, 6.07) is 5.45. The van der Waals surface area contributed by atoms with Crippen LogP contribution in [0.5, 0.6) is 0 Å². The molecule has 2 rings (SSSR count). The highest BCUT2D eigenvalue weighted by Gasteiger charge is 2.38. The van der Waals surface area contributed by atoms with E-state index < -0.39 is 32.4 Å². The fourth-order valence-electron chi connectivity index (χ4n) is 2.54. The van der Waals surface area contributed by atoms with Gasteiger partial charge in [0.2, 0.25) is 9.84 Å². The van der Waals surface area contributed by atoms with Crippen LogP contribution >= 0.6 is 0 Å². The lowest BCUT2D eigenvalue weighted by Crippen LogP contribution is -2.25. The van der Waals surface area contributed by atoms with E-state index in [1.807, 2.05) is 0 Å². The molecule has 0 aromatic heterocycles. The fraction of sp³-hybridized carbons (Fsp3) is 0.462. The Bertz CT molecular complexity index is 647. The van der Waals surface area contributed by atoms with Gasteiger partial charge in [-0.3, -0.25) is 4.79 Å². The number of sulfone groups is 1. The third kappa shape index (κ3) is 2.85. The van der Waals surface area contributed by atoms with Gasteiger partial charge in [0, 0.05) is 13.1 Å². The molecular formula is C13H15F2NO4S. The number of carbonyl (C=O) groups is 1. The third-order valence-corrected chi connectivity index (χ3v) is 5.10. The maximum absolute atomic E-state index is 12.7. The van der Waals surface area contributed by atoms with Crippen LogP contribution in [-0.2, 0) is 14.6 Å². The molecule has 5 nitrogen and oxygen atoms in total. The van der Waals surface area contributed by atoms with E-state index in [2.05, 4.69) is 0 Å². The summed E-state index contributed by atoms with van der Waals surface area (Å²) >= 11 is 0. The van der Waals surface area contributed by atoms with Gasteiger partial charge in [0.05, 0.1) is 16.5 Å². The van der Waals surface area contributed by atoms with Gasteiger partial charge in [0.25, 0.3) is 0 Å². The second-order valence-electron chi connectivity index (χ2n) is 5.10. The fourth-order valence-corrected chi connectivity index (χ4v) is 3.49. The molecule has 0 radical (unpaired) electrons. The number of hydrogen-bond donors (Lipinski definition) is 1. The minimum atomic E-state index is -4.72. The van der Waals surface area contributed by atoms with Crippen LogP contribution in [0.4, 0.5) is 14.5 Å². The van der Waals surface area contributed by atoms with Crippen molar-refractivity contribution in [3.63, 3.8) is 0 Å². The Morgan fingerprint density at radius 3 is 2.48 bits per heavy atom. The van der Waals surface area contributed by atoms with Crippen LogP contribution in [0, 0.1) is 11.8 Å². The van der Waals surface area contributed by atoms with E-state index in [4.69, 9.17) is 5.11 Å². The van der Waals surface area contributed by atoms with Gasteiger partial charge >= 0.3 is 11.7 Å². The number of nitrogens with zero attached hydrogens (tertiary/aromatic N) is 1. The number of hydrogen-bond acceptors (Lipinski definition) is 4. The first-order chi connectivity index (χ1) is 9.75. The third-order valence-electron chi connectivity index (χ3n) is 3.68. The van der Waals surface area contributed by atoms with E-state index in [-0.39, 0.29) is 18.2 Å². The second-order valence-corrected chi connectivity index (χ2v) is 6.99. The Balaban J connectivity index is 2.41. The molecule has 1 aromatic carbocycles. The molecule has 1 heterocycles. The predicted octanol–water partition coefficient (Wildman–Crippen LogP) is 1.84. The maximum Gasteiger partial charge on any atom is 0.341 e. The maximum atomic E-state index is 12.7. The topological polar surface area (TPSA) is 74.7 Å². The molecule has 1 saturated heterocycles. The number of benzene rings is 1. The van der Waals surface area contributed by atoms with Crippen LogP contribution in [0.15, 0.2) is 29.2 Å². The van der Waals surface area contributed by atoms with Crippen molar-refractivity contribution in [3.8, 4) is 0 Å². The molecule has 0 bridgehead atoms. The number of rotatable bonds is 4. The molecule has 1 N–H and O–H groups in total. The van der Waals surface area contributed by atoms with Crippen molar-refractivity contribution in [1.29, 1.82) is 0 Å². The molecule has 0 saturated carbocycles. The zero-order valence-corrected chi connectivity index (χ0v) is 12.1. The molecule has 2 unspecified atom stereocenters. The zero-order chi connectivity index (χ0) is 15.8. The quantitative estimate of drug-likeness (QED) is 0.916. The normalized spacial score (nSPS) is 22.8. The SMILES string of the molecule is CC1CN(c2ccccc2S(=O)(=O)C(F)F)CC1C(=O)O. The Morgan fingerprint density at radius 2 is 1.95 bits per heavy atom. The number of para-hydroxylation sites is 1. The van der Waals surface area contributed by atoms with Crippen molar-refractivity contribution < 1.29 is 27.1 Å². The van der Waals surface area contributed by atoms with Gasteiger partial charge in [-0.05, 0) is 18.1 Å². The molecule has 0 spiro atoms. The molecular weight excluding hydrogens is 304 g/mol. The number of anilines is 1. The van der Waals surface area contributed by atoms with Crippen LogP contribution in [0.2, 0.25) is 0 Å². The molecule has 1 aliphatic heterocycles. The molecule has 1 aromatic rings. The summed E-state index contributed by atoms with van der Waals surface area (Å²) in [7, 11) is -4.72. The Hall–Kier alpha value is -1.70. The first-order valence-corrected chi connectivity index (χ1v) is 7.88. The lowest BCUT2D eigenvalue weighted by atomic mass is 9.99. The highest BCUT2D eigenvalue weighted by Crippen LogP contribution is 2.34. The van der Waals surface area contributed by atoms with Crippen LogP contribution in [0.3, 0.4) is 0 Å². The summed E-state index contributed by atoms with van der Waals surface area (Å²) in [6.07, 6.45) is 0. The van der Waals surface area contributed by atoms with E-state index in [1.165, 1.54) is 12.1 Å². The Morgan fingerprint density at radius 1 is 1.33 bits per heavy atom. The van der Waals surface area contributed by atoms with Gasteiger partial charge in [-0.25, -0.2) is 8.42 Å². The Labute approximate surface area is 121 Å². The lowest BCUT2D eigenvalue weighted by molar-refractivity contribution is -0.142. The zero-order valence-electron chi connectivity index (χ0n) is 11.2. The van der Waals surface area contributed by atoms with Gasteiger partial charge in [-0.1, -0.05) is 19.1 Å². The number of carboxylic acids is 1. The van der Waals surface area contributed by atoms with Crippen molar-refractivity contribution in [2.75, 3.05) is 18.0 Å². The van der Waals surface area contributed by atoms with Crippen LogP contribution in [0.25, 0.3) is 0 Å². The van der Waals surface area contributed by atoms with E-state index in [0.717, 1.165) is 6.07 Å². The minimum absolute atomic E-state index is 0.103. The molecule has 1 aliphatic rings. The number of alkyl halides is 2. The summed E-state index contributed by atoms with van der Waals surface area (Å²) < 4.78 is 48.9. The summed E-state index contributed by atoms with van der Waals surface area (Å²) in [4.78, 5) is 12.2. The van der Waals surface area contributed by atoms with Gasteiger partial charge in [-0.15, -0.1) is 0 Å². The summed E-state index contributed by atoms with van der Waals surface area (Å²) in [6.45, 7) is 2.15. The van der Waals surface area contributed by atoms with E-state index in [0.29, 0.717) is 6.54 Å². The Kier molecular flexibility index (Phi) is 4.18. The average molecular weight is 319 g/mol. The molecule has 116 valence electrons. The van der Waals surface area contributed by atoms with E-state index in [9.17, 15) is 22.0 Å². The molecule has 1 fully saturated rings. The smallest absolute Gasteiger partial charge is 0.341 e. The lowest BCUT2D eigenvalue weighted by Gasteiger charge is -2.21. The van der Waals surface area contributed by atoms with Crippen molar-refractivity contribution in [3.05, 3.63) is 24.3 Å². The van der Waals surface area contributed by atoms with Crippen molar-refractivity contribution in [2.45, 2.75) is 17.6 Å². The van der Waals surface area contributed by atoms with Gasteiger partial charge < -0.3 is 10.0 Å². The highest BCUT2D eigenvalue weighted by atomic mass is 32.2. The monoisotopic (exact) mass is 319 g/mol. The first kappa shape index (κ1) is 15.7. The largest absolute Gasteiger partial charge is 0.481 e. The van der Waals surface area contributed by atoms with Gasteiger partial charge in [0.15, 0.2) is 0 Å². The molecule has 0 aliphatic carbocycles. The number of aliphatic carboxylic acids is 1. The molecule has 0 amide bonds. The molecule has 2 atom stereocenters. The second kappa shape index (κ2) is 5.59. The number of halogens is 2. The van der Waals surface area contributed by atoms with Crippen LogP contribution in [-0.4, -0.2) is 38.3 Å². The molecule has 8 heteroatoms. The standard InChI is InChI=1S/C13H15F2NO4S/c1-8-6-16(7-9(8)12(17)18)10-4-2-3-5-11(10)21(19,20)13(14)15/h2-5,8-9,13H,6-7H2,1H3,(H,17,18). The van der Waals surface area contributed by atoms with Crippen LogP contribution in [0.1, 0.15) is 6.92 Å². The number of carboxylic acid groups (broad SMARTS) is 1. The summed E-state index contributed by atoms with van der Waals surface area (Å²) in [5.41, 5.74) is 0.133. The minimum Gasteiger partial charge on any atom is -0.481 e. The summed E-state index contributed by atoms with van der Waals surface area (Å²) in [5, 5.41) is 9.10. The van der Waals surface area contributed by atoms with E-state index in [1.54, 1.807) is 17.9 Å². The average Bonchev–Trinajstić information content (AvgIpc) is 2.80. The first-order valence-electron chi connectivity index (χ1n) is 6.34.